The van der Waals surface area contributed by atoms with Gasteiger partial charge in [0.25, 0.3) is 5.91 Å². The maximum Gasteiger partial charge on any atom is 0.251 e. The molecule has 0 fully saturated rings. The van der Waals surface area contributed by atoms with E-state index in [-0.39, 0.29) is 5.91 Å². The lowest BCUT2D eigenvalue weighted by Crippen LogP contribution is -2.25. The van der Waals surface area contributed by atoms with Crippen molar-refractivity contribution in [3.8, 4) is 5.75 Å². The molecule has 1 amide bonds. The summed E-state index contributed by atoms with van der Waals surface area (Å²) in [7, 11) is 0. The maximum absolute atomic E-state index is 12.1. The fourth-order valence-corrected chi connectivity index (χ4v) is 2.25. The minimum Gasteiger partial charge on any atom is -0.494 e. The summed E-state index contributed by atoms with van der Waals surface area (Å²) in [5.41, 5.74) is 1.31. The maximum atomic E-state index is 12.1. The SMILES string of the molecule is CCC(C)(C)CCOc1ccc(C(=O)NCCCC(C)(C)C)cc1. The topological polar surface area (TPSA) is 38.3 Å². The first-order chi connectivity index (χ1) is 11.1. The van der Waals surface area contributed by atoms with Crippen molar-refractivity contribution >= 4 is 5.91 Å². The van der Waals surface area contributed by atoms with Gasteiger partial charge in [-0.05, 0) is 54.4 Å². The molecule has 1 rings (SSSR count). The highest BCUT2D eigenvalue weighted by Crippen LogP contribution is 2.24. The van der Waals surface area contributed by atoms with Gasteiger partial charge in [0.1, 0.15) is 5.75 Å². The van der Waals surface area contributed by atoms with E-state index in [1.807, 2.05) is 24.3 Å². The molecule has 0 aliphatic heterocycles. The minimum atomic E-state index is -0.0115. The van der Waals surface area contributed by atoms with Crippen molar-refractivity contribution in [3.63, 3.8) is 0 Å². The van der Waals surface area contributed by atoms with Crippen LogP contribution in [0.1, 0.15) is 77.6 Å². The Bertz CT molecular complexity index is 498. The van der Waals surface area contributed by atoms with E-state index in [9.17, 15) is 4.79 Å². The van der Waals surface area contributed by atoms with Crippen molar-refractivity contribution in [1.82, 2.24) is 5.32 Å². The quantitative estimate of drug-likeness (QED) is 0.610. The predicted molar refractivity (Wildman–Crippen MR) is 102 cm³/mol. The van der Waals surface area contributed by atoms with Crippen LogP contribution in [0.2, 0.25) is 0 Å². The predicted octanol–water partition coefficient (Wildman–Crippen LogP) is 5.45. The van der Waals surface area contributed by atoms with Gasteiger partial charge in [0.05, 0.1) is 6.61 Å². The smallest absolute Gasteiger partial charge is 0.251 e. The van der Waals surface area contributed by atoms with Gasteiger partial charge in [-0.1, -0.05) is 48.0 Å². The van der Waals surface area contributed by atoms with Crippen LogP contribution in [0.25, 0.3) is 0 Å². The van der Waals surface area contributed by atoms with Gasteiger partial charge in [-0.25, -0.2) is 0 Å². The van der Waals surface area contributed by atoms with Crippen LogP contribution in [0, 0.1) is 10.8 Å². The Morgan fingerprint density at radius 3 is 2.21 bits per heavy atom. The molecule has 136 valence electrons. The van der Waals surface area contributed by atoms with Crippen LogP contribution in [0.15, 0.2) is 24.3 Å². The standard InChI is InChI=1S/C21H35NO2/c1-7-21(5,6)14-16-24-18-11-9-17(10-12-18)19(23)22-15-8-13-20(2,3)4/h9-12H,7-8,13-16H2,1-6H3,(H,22,23). The zero-order valence-electron chi connectivity index (χ0n) is 16.4. The highest BCUT2D eigenvalue weighted by molar-refractivity contribution is 5.94. The van der Waals surface area contributed by atoms with Gasteiger partial charge in [0, 0.05) is 12.1 Å². The number of carbonyl (C=O) groups is 1. The molecule has 0 aromatic heterocycles. The number of amides is 1. The fraction of sp³-hybridized carbons (Fsp3) is 0.667. The summed E-state index contributed by atoms with van der Waals surface area (Å²) < 4.78 is 5.78. The van der Waals surface area contributed by atoms with E-state index < -0.39 is 0 Å². The molecule has 0 bridgehead atoms. The third-order valence-electron chi connectivity index (χ3n) is 4.51. The van der Waals surface area contributed by atoms with Crippen LogP contribution in [0.4, 0.5) is 0 Å². The van der Waals surface area contributed by atoms with Crippen molar-refractivity contribution in [1.29, 1.82) is 0 Å². The molecular weight excluding hydrogens is 298 g/mol. The molecule has 1 N–H and O–H groups in total. The molecular formula is C21H35NO2. The van der Waals surface area contributed by atoms with Crippen LogP contribution in [0.5, 0.6) is 5.75 Å². The summed E-state index contributed by atoms with van der Waals surface area (Å²) in [6.07, 6.45) is 4.28. The van der Waals surface area contributed by atoms with E-state index in [0.717, 1.165) is 38.0 Å². The first-order valence-electron chi connectivity index (χ1n) is 9.14. The van der Waals surface area contributed by atoms with Crippen molar-refractivity contribution in [2.75, 3.05) is 13.2 Å². The van der Waals surface area contributed by atoms with Crippen LogP contribution >= 0.6 is 0 Å². The Labute approximate surface area is 148 Å². The number of ether oxygens (including phenoxy) is 1. The monoisotopic (exact) mass is 333 g/mol. The van der Waals surface area contributed by atoms with E-state index in [1.54, 1.807) is 0 Å². The third-order valence-corrected chi connectivity index (χ3v) is 4.51. The third kappa shape index (κ3) is 8.37. The fourth-order valence-electron chi connectivity index (χ4n) is 2.25. The van der Waals surface area contributed by atoms with Gasteiger partial charge in [0.15, 0.2) is 0 Å². The van der Waals surface area contributed by atoms with E-state index in [2.05, 4.69) is 46.9 Å². The number of benzene rings is 1. The Morgan fingerprint density at radius 2 is 1.67 bits per heavy atom. The van der Waals surface area contributed by atoms with E-state index in [4.69, 9.17) is 4.74 Å². The second-order valence-corrected chi connectivity index (χ2v) is 8.56. The highest BCUT2D eigenvalue weighted by Gasteiger charge is 2.15. The molecule has 3 nitrogen and oxygen atoms in total. The van der Waals surface area contributed by atoms with Crippen LogP contribution in [-0.4, -0.2) is 19.1 Å². The van der Waals surface area contributed by atoms with Gasteiger partial charge >= 0.3 is 0 Å². The van der Waals surface area contributed by atoms with Crippen molar-refractivity contribution in [2.24, 2.45) is 10.8 Å². The number of carbonyl (C=O) groups excluding carboxylic acids is 1. The number of hydrogen-bond acceptors (Lipinski definition) is 2. The molecule has 0 saturated heterocycles. The summed E-state index contributed by atoms with van der Waals surface area (Å²) >= 11 is 0. The van der Waals surface area contributed by atoms with Crippen LogP contribution < -0.4 is 10.1 Å². The minimum absolute atomic E-state index is 0.0115. The number of hydrogen-bond donors (Lipinski definition) is 1. The van der Waals surface area contributed by atoms with Gasteiger partial charge in [-0.3, -0.25) is 4.79 Å². The van der Waals surface area contributed by atoms with Crippen LogP contribution in [0.3, 0.4) is 0 Å². The summed E-state index contributed by atoms with van der Waals surface area (Å²) in [5, 5.41) is 2.98. The van der Waals surface area contributed by atoms with Gasteiger partial charge in [0.2, 0.25) is 0 Å². The molecule has 0 spiro atoms. The molecule has 0 unspecified atom stereocenters. The Kier molecular flexibility index (Phi) is 7.78. The molecule has 0 heterocycles. The zero-order valence-corrected chi connectivity index (χ0v) is 16.4. The van der Waals surface area contributed by atoms with Gasteiger partial charge in [-0.2, -0.15) is 0 Å². The summed E-state index contributed by atoms with van der Waals surface area (Å²) in [4.78, 5) is 12.1. The summed E-state index contributed by atoms with van der Waals surface area (Å²) in [6, 6.07) is 7.42. The average molecular weight is 334 g/mol. The Balaban J connectivity index is 2.37. The Hall–Kier alpha value is -1.51. The van der Waals surface area contributed by atoms with Crippen molar-refractivity contribution in [3.05, 3.63) is 29.8 Å². The summed E-state index contributed by atoms with van der Waals surface area (Å²) in [6.45, 7) is 14.8. The molecule has 1 aromatic rings. The molecule has 0 radical (unpaired) electrons. The normalized spacial score (nSPS) is 12.1. The zero-order chi connectivity index (χ0) is 18.2. The lowest BCUT2D eigenvalue weighted by atomic mass is 9.87. The van der Waals surface area contributed by atoms with E-state index in [1.165, 1.54) is 0 Å². The highest BCUT2D eigenvalue weighted by atomic mass is 16.5. The summed E-state index contributed by atoms with van der Waals surface area (Å²) in [5.74, 6) is 0.814. The molecule has 0 aliphatic rings. The van der Waals surface area contributed by atoms with E-state index in [0.29, 0.717) is 23.0 Å². The largest absolute Gasteiger partial charge is 0.494 e. The first kappa shape index (κ1) is 20.5. The molecule has 0 saturated carbocycles. The molecule has 0 aliphatic carbocycles. The van der Waals surface area contributed by atoms with E-state index >= 15 is 0 Å². The molecule has 1 aromatic carbocycles. The molecule has 3 heteroatoms. The second kappa shape index (κ2) is 9.10. The van der Waals surface area contributed by atoms with Crippen molar-refractivity contribution in [2.45, 2.75) is 67.2 Å². The first-order valence-corrected chi connectivity index (χ1v) is 9.14. The van der Waals surface area contributed by atoms with Gasteiger partial charge < -0.3 is 10.1 Å². The lowest BCUT2D eigenvalue weighted by Gasteiger charge is -2.22. The van der Waals surface area contributed by atoms with Crippen LogP contribution in [-0.2, 0) is 0 Å². The second-order valence-electron chi connectivity index (χ2n) is 8.56. The molecule has 0 atom stereocenters. The number of nitrogens with one attached hydrogen (secondary N) is 1. The molecule has 24 heavy (non-hydrogen) atoms. The van der Waals surface area contributed by atoms with Gasteiger partial charge in [-0.15, -0.1) is 0 Å². The lowest BCUT2D eigenvalue weighted by molar-refractivity contribution is 0.0951. The average Bonchev–Trinajstić information content (AvgIpc) is 2.51. The van der Waals surface area contributed by atoms with Crippen molar-refractivity contribution < 1.29 is 9.53 Å². The Morgan fingerprint density at radius 1 is 1.04 bits per heavy atom. The number of rotatable bonds is 9.